The normalized spacial score (nSPS) is 21.3. The first-order valence-electron chi connectivity index (χ1n) is 9.74. The number of carbonyl (C=O) groups excluding carboxylic acids is 2. The molecule has 3 rings (SSSR count). The third-order valence-electron chi connectivity index (χ3n) is 5.42. The van der Waals surface area contributed by atoms with E-state index in [1.807, 2.05) is 6.92 Å². The fraction of sp³-hybridized carbons (Fsp3) is 0.500. The van der Waals surface area contributed by atoms with Gasteiger partial charge < -0.3 is 18.9 Å². The van der Waals surface area contributed by atoms with E-state index in [1.165, 1.54) is 21.3 Å². The van der Waals surface area contributed by atoms with Crippen molar-refractivity contribution in [3.05, 3.63) is 29.0 Å². The van der Waals surface area contributed by atoms with Gasteiger partial charge in [0, 0.05) is 29.3 Å². The highest BCUT2D eigenvalue weighted by atomic mass is 16.5. The van der Waals surface area contributed by atoms with Crippen LogP contribution in [0.25, 0.3) is 0 Å². The monoisotopic (exact) mass is 401 g/mol. The van der Waals surface area contributed by atoms with Gasteiger partial charge in [-0.05, 0) is 44.4 Å². The Hall–Kier alpha value is -2.83. The number of hydrogen-bond acceptors (Lipinski definition) is 7. The van der Waals surface area contributed by atoms with Crippen molar-refractivity contribution in [1.29, 1.82) is 0 Å². The summed E-state index contributed by atoms with van der Waals surface area (Å²) in [7, 11) is 4.60. The van der Waals surface area contributed by atoms with Gasteiger partial charge in [0.25, 0.3) is 0 Å². The van der Waals surface area contributed by atoms with E-state index in [0.29, 0.717) is 35.0 Å². The minimum Gasteiger partial charge on any atom is -0.493 e. The van der Waals surface area contributed by atoms with Crippen LogP contribution in [-0.2, 0) is 14.3 Å². The van der Waals surface area contributed by atoms with E-state index in [-0.39, 0.29) is 12.4 Å². The van der Waals surface area contributed by atoms with Gasteiger partial charge in [0.15, 0.2) is 17.3 Å². The van der Waals surface area contributed by atoms with Gasteiger partial charge in [-0.25, -0.2) is 0 Å². The number of nitrogens with zero attached hydrogens (tertiary/aromatic N) is 1. The molecule has 0 radical (unpaired) electrons. The lowest BCUT2D eigenvalue weighted by Gasteiger charge is -2.34. The first kappa shape index (κ1) is 20.9. The van der Waals surface area contributed by atoms with Crippen LogP contribution in [0.1, 0.15) is 44.6 Å². The zero-order valence-corrected chi connectivity index (χ0v) is 17.5. The highest BCUT2D eigenvalue weighted by Gasteiger charge is 2.43. The van der Waals surface area contributed by atoms with Gasteiger partial charge in [-0.3, -0.25) is 14.6 Å². The van der Waals surface area contributed by atoms with E-state index in [4.69, 9.17) is 18.9 Å². The highest BCUT2D eigenvalue weighted by Crippen LogP contribution is 2.47. The number of hydrogen-bond donors (Lipinski definition) is 0. The Labute approximate surface area is 170 Å². The number of methoxy groups -OCH3 is 3. The summed E-state index contributed by atoms with van der Waals surface area (Å²) in [6.45, 7) is 3.83. The van der Waals surface area contributed by atoms with Crippen molar-refractivity contribution in [2.75, 3.05) is 27.9 Å². The number of benzene rings is 1. The molecule has 0 N–H and O–H groups in total. The Morgan fingerprint density at radius 3 is 2.31 bits per heavy atom. The number of rotatable bonds is 6. The summed E-state index contributed by atoms with van der Waals surface area (Å²) >= 11 is 0. The smallest absolute Gasteiger partial charge is 0.315 e. The maximum Gasteiger partial charge on any atom is 0.315 e. The number of ketones is 1. The van der Waals surface area contributed by atoms with Crippen molar-refractivity contribution in [2.24, 2.45) is 10.9 Å². The van der Waals surface area contributed by atoms with Crippen molar-refractivity contribution in [3.63, 3.8) is 0 Å². The largest absolute Gasteiger partial charge is 0.493 e. The molecule has 1 aliphatic carbocycles. The summed E-state index contributed by atoms with van der Waals surface area (Å²) in [6.07, 6.45) is 1.93. The molecule has 1 aromatic rings. The maximum atomic E-state index is 12.9. The third kappa shape index (κ3) is 3.73. The Balaban J connectivity index is 2.23. The first-order chi connectivity index (χ1) is 14.0. The van der Waals surface area contributed by atoms with Crippen LogP contribution in [0.15, 0.2) is 28.4 Å². The molecule has 7 nitrogen and oxygen atoms in total. The quantitative estimate of drug-likeness (QED) is 0.679. The molecule has 0 aromatic heterocycles. The van der Waals surface area contributed by atoms with E-state index >= 15 is 0 Å². The highest BCUT2D eigenvalue weighted by molar-refractivity contribution is 6.08. The number of aliphatic imine (C=N–C) groups is 1. The van der Waals surface area contributed by atoms with Gasteiger partial charge in [-0.2, -0.15) is 0 Å². The fourth-order valence-electron chi connectivity index (χ4n) is 4.18. The molecule has 1 heterocycles. The van der Waals surface area contributed by atoms with Crippen molar-refractivity contribution in [3.8, 4) is 17.2 Å². The average Bonchev–Trinajstić information content (AvgIpc) is 2.71. The summed E-state index contributed by atoms with van der Waals surface area (Å²) in [6, 6.07) is 3.59. The lowest BCUT2D eigenvalue weighted by Crippen LogP contribution is -2.37. The van der Waals surface area contributed by atoms with Crippen LogP contribution >= 0.6 is 0 Å². The van der Waals surface area contributed by atoms with Crippen molar-refractivity contribution in [2.45, 2.75) is 39.0 Å². The van der Waals surface area contributed by atoms with Gasteiger partial charge in [0.1, 0.15) is 5.92 Å². The fourth-order valence-corrected chi connectivity index (χ4v) is 4.18. The molecule has 0 spiro atoms. The van der Waals surface area contributed by atoms with Gasteiger partial charge in [0.05, 0.1) is 27.9 Å². The summed E-state index contributed by atoms with van der Waals surface area (Å²) in [5.41, 5.74) is 2.73. The van der Waals surface area contributed by atoms with Crippen LogP contribution in [0.5, 0.6) is 17.2 Å². The molecular weight excluding hydrogens is 374 g/mol. The predicted molar refractivity (Wildman–Crippen MR) is 108 cm³/mol. The number of ether oxygens (including phenoxy) is 4. The van der Waals surface area contributed by atoms with Crippen molar-refractivity contribution in [1.82, 2.24) is 0 Å². The summed E-state index contributed by atoms with van der Waals surface area (Å²) < 4.78 is 21.7. The molecule has 0 saturated carbocycles. The van der Waals surface area contributed by atoms with Crippen LogP contribution in [-0.4, -0.2) is 45.4 Å². The molecule has 2 atom stereocenters. The molecule has 0 bridgehead atoms. The predicted octanol–water partition coefficient (Wildman–Crippen LogP) is 3.46. The van der Waals surface area contributed by atoms with E-state index in [2.05, 4.69) is 4.99 Å². The molecule has 29 heavy (non-hydrogen) atoms. The Morgan fingerprint density at radius 2 is 1.76 bits per heavy atom. The second kappa shape index (κ2) is 8.68. The number of allylic oxidation sites excluding steroid dienone is 2. The van der Waals surface area contributed by atoms with E-state index in [9.17, 15) is 9.59 Å². The second-order valence-electron chi connectivity index (χ2n) is 7.06. The minimum atomic E-state index is -0.682. The topological polar surface area (TPSA) is 83.4 Å². The Bertz CT molecular complexity index is 860. The van der Waals surface area contributed by atoms with Gasteiger partial charge in [-0.15, -0.1) is 0 Å². The molecule has 0 fully saturated rings. The van der Waals surface area contributed by atoms with Crippen LogP contribution in [0.4, 0.5) is 0 Å². The average molecular weight is 401 g/mol. The second-order valence-corrected chi connectivity index (χ2v) is 7.06. The minimum absolute atomic E-state index is 0.0237. The van der Waals surface area contributed by atoms with Crippen LogP contribution in [0.2, 0.25) is 0 Å². The molecule has 0 amide bonds. The van der Waals surface area contributed by atoms with E-state index in [0.717, 1.165) is 24.1 Å². The molecule has 156 valence electrons. The van der Waals surface area contributed by atoms with Crippen LogP contribution < -0.4 is 14.2 Å². The first-order valence-corrected chi connectivity index (χ1v) is 9.74. The number of Topliss-reactive ketones (excluding diaryl/α,β-unsaturated/α-hetero) is 1. The van der Waals surface area contributed by atoms with Gasteiger partial charge in [0.2, 0.25) is 5.75 Å². The third-order valence-corrected chi connectivity index (χ3v) is 5.42. The molecule has 7 heteroatoms. The summed E-state index contributed by atoms with van der Waals surface area (Å²) in [5.74, 6) is -0.170. The lowest BCUT2D eigenvalue weighted by molar-refractivity contribution is -0.146. The molecule has 1 aromatic carbocycles. The van der Waals surface area contributed by atoms with Crippen LogP contribution in [0.3, 0.4) is 0 Å². The van der Waals surface area contributed by atoms with Crippen LogP contribution in [0, 0.1) is 5.92 Å². The van der Waals surface area contributed by atoms with Crippen molar-refractivity contribution >= 4 is 17.5 Å². The van der Waals surface area contributed by atoms with E-state index in [1.54, 1.807) is 19.1 Å². The summed E-state index contributed by atoms with van der Waals surface area (Å²) in [5, 5.41) is 0. The summed E-state index contributed by atoms with van der Waals surface area (Å²) in [4.78, 5) is 30.4. The number of carbonyl (C=O) groups is 2. The molecule has 1 aliphatic heterocycles. The van der Waals surface area contributed by atoms with Gasteiger partial charge >= 0.3 is 5.97 Å². The lowest BCUT2D eigenvalue weighted by atomic mass is 9.71. The molecular formula is C22H27NO6. The Kier molecular flexibility index (Phi) is 6.25. The van der Waals surface area contributed by atoms with E-state index < -0.39 is 17.8 Å². The Morgan fingerprint density at radius 1 is 1.10 bits per heavy atom. The number of esters is 1. The zero-order chi connectivity index (χ0) is 21.1. The van der Waals surface area contributed by atoms with Gasteiger partial charge in [-0.1, -0.05) is 0 Å². The molecule has 0 saturated heterocycles. The standard InChI is InChI=1S/C22H27NO6/c1-6-29-22(25)18-12(2)23-14-8-7-9-15(24)20(14)19(18)13-10-16(26-3)21(28-5)17(11-13)27-4/h10-11,18-19H,6-9H2,1-5H3/t18?,19-/m1/s1. The molecule has 1 unspecified atom stereocenters. The zero-order valence-electron chi connectivity index (χ0n) is 17.5. The molecule has 2 aliphatic rings. The maximum absolute atomic E-state index is 12.9. The SMILES string of the molecule is CCOC(=O)C1C(C)=NC2=C(C(=O)CCC2)[C@@H]1c1cc(OC)c(OC)c(OC)c1. The van der Waals surface area contributed by atoms with Crippen molar-refractivity contribution < 1.29 is 28.5 Å².